The van der Waals surface area contributed by atoms with Crippen LogP contribution in [0.5, 0.6) is 5.88 Å². The molecule has 0 saturated carbocycles. The zero-order valence-corrected chi connectivity index (χ0v) is 11.9. The Morgan fingerprint density at radius 1 is 1.33 bits per heavy atom. The highest BCUT2D eigenvalue weighted by atomic mass is 16.6. The molecule has 120 valence electrons. The van der Waals surface area contributed by atoms with Crippen LogP contribution in [0.25, 0.3) is 0 Å². The quantitative estimate of drug-likeness (QED) is 0.522. The average molecular weight is 327 g/mol. The SMILES string of the molecule is N#CC1=C(N)Oc2[nH]c(=O)[nH]c(=O)c2[C@@H]1c1cccc([N+](=O)[O-])c1. The van der Waals surface area contributed by atoms with Gasteiger partial charge in [-0.3, -0.25) is 24.9 Å². The predicted molar refractivity (Wildman–Crippen MR) is 80.1 cm³/mol. The second kappa shape index (κ2) is 5.40. The van der Waals surface area contributed by atoms with Crippen molar-refractivity contribution >= 4 is 5.69 Å². The second-order valence-electron chi connectivity index (χ2n) is 4.93. The van der Waals surface area contributed by atoms with Gasteiger partial charge in [-0.25, -0.2) is 4.79 Å². The molecule has 0 spiro atoms. The number of nitrogens with zero attached hydrogens (tertiary/aromatic N) is 2. The molecule has 10 heteroatoms. The van der Waals surface area contributed by atoms with Crippen LogP contribution >= 0.6 is 0 Å². The molecular formula is C14H9N5O5. The zero-order chi connectivity index (χ0) is 17.4. The number of nitrogens with two attached hydrogens (primary N) is 1. The first-order valence-electron chi connectivity index (χ1n) is 6.60. The maximum Gasteiger partial charge on any atom is 0.328 e. The lowest BCUT2D eigenvalue weighted by atomic mass is 9.85. The lowest BCUT2D eigenvalue weighted by molar-refractivity contribution is -0.384. The van der Waals surface area contributed by atoms with Crippen molar-refractivity contribution in [3.8, 4) is 11.9 Å². The van der Waals surface area contributed by atoms with E-state index in [1.165, 1.54) is 24.3 Å². The first kappa shape index (κ1) is 15.0. The molecule has 0 amide bonds. The topological polar surface area (TPSA) is 168 Å². The Morgan fingerprint density at radius 2 is 2.08 bits per heavy atom. The molecule has 2 heterocycles. The molecule has 0 fully saturated rings. The molecule has 3 rings (SSSR count). The van der Waals surface area contributed by atoms with E-state index in [4.69, 9.17) is 10.5 Å². The highest BCUT2D eigenvalue weighted by Crippen LogP contribution is 2.39. The molecule has 0 saturated heterocycles. The van der Waals surface area contributed by atoms with E-state index in [2.05, 4.69) is 4.98 Å². The number of rotatable bonds is 2. The molecule has 2 aromatic rings. The maximum atomic E-state index is 12.2. The van der Waals surface area contributed by atoms with Crippen molar-refractivity contribution in [2.24, 2.45) is 5.73 Å². The largest absolute Gasteiger partial charge is 0.424 e. The Bertz CT molecular complexity index is 1040. The van der Waals surface area contributed by atoms with E-state index in [1.807, 2.05) is 11.1 Å². The van der Waals surface area contributed by atoms with Gasteiger partial charge in [0.25, 0.3) is 11.2 Å². The smallest absolute Gasteiger partial charge is 0.328 e. The van der Waals surface area contributed by atoms with Crippen molar-refractivity contribution < 1.29 is 9.66 Å². The molecule has 1 aromatic carbocycles. The van der Waals surface area contributed by atoms with Crippen LogP contribution in [0.2, 0.25) is 0 Å². The monoisotopic (exact) mass is 327 g/mol. The second-order valence-corrected chi connectivity index (χ2v) is 4.93. The van der Waals surface area contributed by atoms with Crippen molar-refractivity contribution in [1.29, 1.82) is 5.26 Å². The number of H-pyrrole nitrogens is 2. The standard InChI is InChI=1S/C14H9N5O5/c15-5-8-9(6-2-1-3-7(4-6)19(22)23)10-12(20)17-14(21)18-13(10)24-11(8)16/h1-4,9H,16H2,(H2,17,18,20,21)/t9-/m1/s1. The van der Waals surface area contributed by atoms with Crippen molar-refractivity contribution in [3.05, 3.63) is 77.8 Å². The number of ether oxygens (including phenoxy) is 1. The van der Waals surface area contributed by atoms with Gasteiger partial charge < -0.3 is 10.5 Å². The summed E-state index contributed by atoms with van der Waals surface area (Å²) in [5.41, 5.74) is 4.07. The van der Waals surface area contributed by atoms with E-state index >= 15 is 0 Å². The summed E-state index contributed by atoms with van der Waals surface area (Å²) >= 11 is 0. The number of hydrogen-bond donors (Lipinski definition) is 3. The van der Waals surface area contributed by atoms with Crippen molar-refractivity contribution in [2.45, 2.75) is 5.92 Å². The summed E-state index contributed by atoms with van der Waals surface area (Å²) in [6.45, 7) is 0. The van der Waals surface area contributed by atoms with Gasteiger partial charge in [0.2, 0.25) is 11.8 Å². The number of non-ortho nitro benzene ring substituents is 1. The van der Waals surface area contributed by atoms with Gasteiger partial charge in [-0.15, -0.1) is 0 Å². The Hall–Kier alpha value is -3.87. The van der Waals surface area contributed by atoms with Crippen LogP contribution in [-0.2, 0) is 0 Å². The Kier molecular flexibility index (Phi) is 3.38. The van der Waals surface area contributed by atoms with Crippen LogP contribution in [-0.4, -0.2) is 14.9 Å². The first-order chi connectivity index (χ1) is 11.4. The Morgan fingerprint density at radius 3 is 2.75 bits per heavy atom. The fraction of sp³-hybridized carbons (Fsp3) is 0.0714. The Balaban J connectivity index is 2.32. The van der Waals surface area contributed by atoms with Gasteiger partial charge >= 0.3 is 5.69 Å². The lowest BCUT2D eigenvalue weighted by Crippen LogP contribution is -2.33. The molecule has 1 atom stereocenters. The average Bonchev–Trinajstić information content (AvgIpc) is 2.53. The number of nitro groups is 1. The minimum Gasteiger partial charge on any atom is -0.424 e. The van der Waals surface area contributed by atoms with E-state index in [0.717, 1.165) is 0 Å². The van der Waals surface area contributed by atoms with Gasteiger partial charge in [0.1, 0.15) is 11.6 Å². The zero-order valence-electron chi connectivity index (χ0n) is 11.9. The molecule has 0 radical (unpaired) electrons. The number of nitro benzene ring substituents is 1. The third kappa shape index (κ3) is 2.30. The fourth-order valence-corrected chi connectivity index (χ4v) is 2.54. The Labute approximate surface area is 133 Å². The number of hydrogen-bond acceptors (Lipinski definition) is 7. The molecule has 24 heavy (non-hydrogen) atoms. The normalized spacial score (nSPS) is 16.0. The first-order valence-corrected chi connectivity index (χ1v) is 6.60. The fourth-order valence-electron chi connectivity index (χ4n) is 2.54. The molecule has 10 nitrogen and oxygen atoms in total. The number of allylic oxidation sites excluding steroid dienone is 1. The van der Waals surface area contributed by atoms with Crippen molar-refractivity contribution in [2.75, 3.05) is 0 Å². The van der Waals surface area contributed by atoms with Gasteiger partial charge in [-0.2, -0.15) is 5.26 Å². The van der Waals surface area contributed by atoms with E-state index < -0.39 is 22.1 Å². The number of aromatic amines is 2. The maximum absolute atomic E-state index is 12.2. The van der Waals surface area contributed by atoms with Crippen LogP contribution in [0.1, 0.15) is 17.0 Å². The summed E-state index contributed by atoms with van der Waals surface area (Å²) in [7, 11) is 0. The van der Waals surface area contributed by atoms with Gasteiger partial charge in [0.05, 0.1) is 16.4 Å². The lowest BCUT2D eigenvalue weighted by Gasteiger charge is -2.24. The molecule has 0 unspecified atom stereocenters. The number of aromatic nitrogens is 2. The van der Waals surface area contributed by atoms with Gasteiger partial charge in [0.15, 0.2) is 0 Å². The van der Waals surface area contributed by atoms with Crippen LogP contribution in [0.3, 0.4) is 0 Å². The van der Waals surface area contributed by atoms with Gasteiger partial charge in [0, 0.05) is 12.1 Å². The minimum atomic E-state index is -1.00. The van der Waals surface area contributed by atoms with E-state index in [0.29, 0.717) is 5.56 Å². The van der Waals surface area contributed by atoms with Gasteiger partial charge in [-0.1, -0.05) is 12.1 Å². The molecule has 1 aromatic heterocycles. The summed E-state index contributed by atoms with van der Waals surface area (Å²) < 4.78 is 5.15. The summed E-state index contributed by atoms with van der Waals surface area (Å²) in [6.07, 6.45) is 0. The minimum absolute atomic E-state index is 0.0548. The van der Waals surface area contributed by atoms with E-state index in [1.54, 1.807) is 0 Å². The molecule has 0 aliphatic carbocycles. The molecular weight excluding hydrogens is 318 g/mol. The van der Waals surface area contributed by atoms with Crippen LogP contribution in [0.4, 0.5) is 5.69 Å². The van der Waals surface area contributed by atoms with E-state index in [-0.39, 0.29) is 28.6 Å². The van der Waals surface area contributed by atoms with Crippen LogP contribution in [0, 0.1) is 21.4 Å². The number of nitriles is 1. The van der Waals surface area contributed by atoms with Crippen LogP contribution in [0.15, 0.2) is 45.3 Å². The summed E-state index contributed by atoms with van der Waals surface area (Å²) in [5, 5.41) is 20.3. The molecule has 0 bridgehead atoms. The summed E-state index contributed by atoms with van der Waals surface area (Å²) in [4.78, 5) is 38.3. The highest BCUT2D eigenvalue weighted by Gasteiger charge is 2.34. The number of fused-ring (bicyclic) bond motifs is 1. The summed E-state index contributed by atoms with van der Waals surface area (Å²) in [5.74, 6) is -1.49. The van der Waals surface area contributed by atoms with Crippen molar-refractivity contribution in [1.82, 2.24) is 9.97 Å². The van der Waals surface area contributed by atoms with Crippen LogP contribution < -0.4 is 21.7 Å². The van der Waals surface area contributed by atoms with E-state index in [9.17, 15) is 25.0 Å². The third-order valence-electron chi connectivity index (χ3n) is 3.53. The number of nitrogens with one attached hydrogen (secondary N) is 2. The van der Waals surface area contributed by atoms with Crippen molar-refractivity contribution in [3.63, 3.8) is 0 Å². The molecule has 1 aliphatic rings. The predicted octanol–water partition coefficient (Wildman–Crippen LogP) is 0.190. The third-order valence-corrected chi connectivity index (χ3v) is 3.53. The highest BCUT2D eigenvalue weighted by molar-refractivity contribution is 5.54. The molecule has 1 aliphatic heterocycles. The summed E-state index contributed by atoms with van der Waals surface area (Å²) in [6, 6.07) is 7.30. The van der Waals surface area contributed by atoms with Gasteiger partial charge in [-0.05, 0) is 5.56 Å². The molecule has 4 N–H and O–H groups in total. The number of benzene rings is 1.